The van der Waals surface area contributed by atoms with E-state index in [0.29, 0.717) is 0 Å². The first-order chi connectivity index (χ1) is 5.40. The van der Waals surface area contributed by atoms with Crippen LogP contribution in [0.3, 0.4) is 0 Å². The molecule has 1 aliphatic carbocycles. The fourth-order valence-electron chi connectivity index (χ4n) is 1.53. The monoisotopic (exact) mass is 147 g/mol. The summed E-state index contributed by atoms with van der Waals surface area (Å²) in [5, 5.41) is 15.6. The Bertz CT molecular complexity index is 295. The molecule has 1 N–H and O–H groups in total. The van der Waals surface area contributed by atoms with Crippen LogP contribution in [0.4, 0.5) is 0 Å². The molecule has 1 atom stereocenters. The van der Waals surface area contributed by atoms with E-state index in [1.807, 2.05) is 6.20 Å². The number of nitriles is 1. The summed E-state index contributed by atoms with van der Waals surface area (Å²) in [6, 6.07) is 2.29. The van der Waals surface area contributed by atoms with Gasteiger partial charge in [0.15, 0.2) is 0 Å². The summed E-state index contributed by atoms with van der Waals surface area (Å²) in [6.07, 6.45) is 4.67. The molecule has 3 heteroatoms. The SMILES string of the molecule is N#C[C@@H]1CCc2[nH]ncc2C1. The smallest absolute Gasteiger partial charge is 0.0659 e. The van der Waals surface area contributed by atoms with Crippen molar-refractivity contribution in [1.29, 1.82) is 5.26 Å². The topological polar surface area (TPSA) is 52.5 Å². The molecule has 0 unspecified atom stereocenters. The number of rotatable bonds is 0. The van der Waals surface area contributed by atoms with Crippen LogP contribution in [-0.2, 0) is 12.8 Å². The highest BCUT2D eigenvalue weighted by molar-refractivity contribution is 5.21. The number of H-pyrrole nitrogens is 1. The molecule has 11 heavy (non-hydrogen) atoms. The third-order valence-electron chi connectivity index (χ3n) is 2.20. The van der Waals surface area contributed by atoms with E-state index >= 15 is 0 Å². The number of aromatic amines is 1. The van der Waals surface area contributed by atoms with Gasteiger partial charge >= 0.3 is 0 Å². The predicted molar refractivity (Wildman–Crippen MR) is 39.7 cm³/mol. The van der Waals surface area contributed by atoms with Crippen molar-refractivity contribution in [3.05, 3.63) is 17.5 Å². The predicted octanol–water partition coefficient (Wildman–Crippen LogP) is 1.04. The number of aromatic nitrogens is 2. The first kappa shape index (κ1) is 6.41. The van der Waals surface area contributed by atoms with Gasteiger partial charge in [-0.1, -0.05) is 0 Å². The lowest BCUT2D eigenvalue weighted by atomic mass is 9.89. The molecule has 1 aromatic heterocycles. The van der Waals surface area contributed by atoms with E-state index in [1.54, 1.807) is 0 Å². The minimum atomic E-state index is 0.208. The van der Waals surface area contributed by atoms with E-state index in [4.69, 9.17) is 5.26 Å². The van der Waals surface area contributed by atoms with Crippen LogP contribution in [0, 0.1) is 17.2 Å². The molecular weight excluding hydrogens is 138 g/mol. The van der Waals surface area contributed by atoms with E-state index < -0.39 is 0 Å². The Kier molecular flexibility index (Phi) is 1.39. The largest absolute Gasteiger partial charge is 0.282 e. The van der Waals surface area contributed by atoms with Crippen LogP contribution in [0.2, 0.25) is 0 Å². The van der Waals surface area contributed by atoms with E-state index in [2.05, 4.69) is 16.3 Å². The molecule has 1 heterocycles. The minimum absolute atomic E-state index is 0.208. The Labute approximate surface area is 65.0 Å². The number of hydrogen-bond donors (Lipinski definition) is 1. The lowest BCUT2D eigenvalue weighted by Crippen LogP contribution is -2.11. The maximum absolute atomic E-state index is 8.67. The highest BCUT2D eigenvalue weighted by Gasteiger charge is 2.18. The summed E-state index contributed by atoms with van der Waals surface area (Å²) < 4.78 is 0. The van der Waals surface area contributed by atoms with Crippen molar-refractivity contribution >= 4 is 0 Å². The van der Waals surface area contributed by atoms with Gasteiger partial charge in [0.1, 0.15) is 0 Å². The number of hydrogen-bond acceptors (Lipinski definition) is 2. The van der Waals surface area contributed by atoms with Gasteiger partial charge in [-0.3, -0.25) is 5.10 Å². The Morgan fingerprint density at radius 1 is 1.73 bits per heavy atom. The lowest BCUT2D eigenvalue weighted by Gasteiger charge is -2.14. The van der Waals surface area contributed by atoms with Gasteiger partial charge < -0.3 is 0 Å². The lowest BCUT2D eigenvalue weighted by molar-refractivity contribution is 0.559. The molecule has 3 nitrogen and oxygen atoms in total. The van der Waals surface area contributed by atoms with Gasteiger partial charge in [-0.25, -0.2) is 0 Å². The Hall–Kier alpha value is -1.30. The zero-order chi connectivity index (χ0) is 7.68. The summed E-state index contributed by atoms with van der Waals surface area (Å²) in [7, 11) is 0. The van der Waals surface area contributed by atoms with Crippen LogP contribution in [0.5, 0.6) is 0 Å². The maximum Gasteiger partial charge on any atom is 0.0659 e. The van der Waals surface area contributed by atoms with Crippen LogP contribution in [0.1, 0.15) is 17.7 Å². The van der Waals surface area contributed by atoms with Gasteiger partial charge in [0.05, 0.1) is 18.2 Å². The van der Waals surface area contributed by atoms with Crippen molar-refractivity contribution in [2.75, 3.05) is 0 Å². The molecule has 0 aromatic carbocycles. The van der Waals surface area contributed by atoms with Crippen molar-refractivity contribution in [3.8, 4) is 6.07 Å². The maximum atomic E-state index is 8.67. The van der Waals surface area contributed by atoms with E-state index in [0.717, 1.165) is 19.3 Å². The standard InChI is InChI=1S/C8H9N3/c9-4-6-1-2-8-7(3-6)5-10-11-8/h5-6H,1-3H2,(H,10,11)/t6-/m1/s1. The zero-order valence-electron chi connectivity index (χ0n) is 6.17. The third-order valence-corrected chi connectivity index (χ3v) is 2.20. The average Bonchev–Trinajstić information content (AvgIpc) is 2.50. The molecule has 0 spiro atoms. The van der Waals surface area contributed by atoms with E-state index in [-0.39, 0.29) is 5.92 Å². The Morgan fingerprint density at radius 2 is 2.64 bits per heavy atom. The molecule has 0 amide bonds. The van der Waals surface area contributed by atoms with Gasteiger partial charge in [-0.05, 0) is 24.8 Å². The van der Waals surface area contributed by atoms with Crippen LogP contribution in [0.25, 0.3) is 0 Å². The van der Waals surface area contributed by atoms with Crippen LogP contribution >= 0.6 is 0 Å². The molecule has 0 aliphatic heterocycles. The first-order valence-corrected chi connectivity index (χ1v) is 3.81. The second-order valence-corrected chi connectivity index (χ2v) is 2.94. The molecule has 0 radical (unpaired) electrons. The van der Waals surface area contributed by atoms with Crippen LogP contribution in [0.15, 0.2) is 6.20 Å². The van der Waals surface area contributed by atoms with Crippen molar-refractivity contribution in [2.24, 2.45) is 5.92 Å². The highest BCUT2D eigenvalue weighted by Crippen LogP contribution is 2.22. The molecule has 0 saturated carbocycles. The van der Waals surface area contributed by atoms with Gasteiger partial charge in [0.2, 0.25) is 0 Å². The molecule has 56 valence electrons. The second kappa shape index (κ2) is 2.39. The second-order valence-electron chi connectivity index (χ2n) is 2.94. The molecule has 0 fully saturated rings. The molecule has 2 rings (SSSR count). The molecule has 1 aliphatic rings. The summed E-state index contributed by atoms with van der Waals surface area (Å²) >= 11 is 0. The van der Waals surface area contributed by atoms with Crippen molar-refractivity contribution in [2.45, 2.75) is 19.3 Å². The number of nitrogens with one attached hydrogen (secondary N) is 1. The molecular formula is C8H9N3. The zero-order valence-corrected chi connectivity index (χ0v) is 6.17. The summed E-state index contributed by atoms with van der Waals surface area (Å²) in [6.45, 7) is 0. The highest BCUT2D eigenvalue weighted by atomic mass is 15.1. The van der Waals surface area contributed by atoms with Gasteiger partial charge in [0, 0.05) is 5.69 Å². The summed E-state index contributed by atoms with van der Waals surface area (Å²) in [5.41, 5.74) is 2.44. The Morgan fingerprint density at radius 3 is 3.45 bits per heavy atom. The fraction of sp³-hybridized carbons (Fsp3) is 0.500. The van der Waals surface area contributed by atoms with Gasteiger partial charge in [0.25, 0.3) is 0 Å². The quantitative estimate of drug-likeness (QED) is 0.596. The first-order valence-electron chi connectivity index (χ1n) is 3.81. The fourth-order valence-corrected chi connectivity index (χ4v) is 1.53. The number of aryl methyl sites for hydroxylation is 1. The number of fused-ring (bicyclic) bond motifs is 1. The van der Waals surface area contributed by atoms with Crippen molar-refractivity contribution in [3.63, 3.8) is 0 Å². The normalized spacial score (nSPS) is 22.3. The third kappa shape index (κ3) is 1.01. The summed E-state index contributed by atoms with van der Waals surface area (Å²) in [4.78, 5) is 0. The summed E-state index contributed by atoms with van der Waals surface area (Å²) in [5.74, 6) is 0.208. The van der Waals surface area contributed by atoms with Crippen LogP contribution in [-0.4, -0.2) is 10.2 Å². The molecule has 0 saturated heterocycles. The van der Waals surface area contributed by atoms with Crippen molar-refractivity contribution < 1.29 is 0 Å². The van der Waals surface area contributed by atoms with Crippen molar-refractivity contribution in [1.82, 2.24) is 10.2 Å². The number of nitrogens with zero attached hydrogens (tertiary/aromatic N) is 2. The van der Waals surface area contributed by atoms with Crippen LogP contribution < -0.4 is 0 Å². The average molecular weight is 147 g/mol. The minimum Gasteiger partial charge on any atom is -0.282 e. The van der Waals surface area contributed by atoms with E-state index in [9.17, 15) is 0 Å². The van der Waals surface area contributed by atoms with Gasteiger partial charge in [-0.2, -0.15) is 10.4 Å². The molecule has 0 bridgehead atoms. The molecule has 1 aromatic rings. The Balaban J connectivity index is 2.26. The van der Waals surface area contributed by atoms with Gasteiger partial charge in [-0.15, -0.1) is 0 Å². The van der Waals surface area contributed by atoms with E-state index in [1.165, 1.54) is 11.3 Å².